The van der Waals surface area contributed by atoms with Gasteiger partial charge in [0, 0.05) is 66.9 Å². The van der Waals surface area contributed by atoms with Gasteiger partial charge >= 0.3 is 11.9 Å². The summed E-state index contributed by atoms with van der Waals surface area (Å²) in [5, 5.41) is 84.2. The van der Waals surface area contributed by atoms with E-state index < -0.39 is 145 Å². The number of aromatic hydroxyl groups is 2. The smallest absolute Gasteiger partial charge is 0.327 e. The number of aromatic nitrogens is 4. The lowest BCUT2D eigenvalue weighted by Gasteiger charge is -2.29. The molecule has 1 fully saturated rings. The number of oxime groups is 1. The Morgan fingerprint density at radius 3 is 2.03 bits per heavy atom. The fourth-order valence-corrected chi connectivity index (χ4v) is 12.0. The Bertz CT molecular complexity index is 3650. The second kappa shape index (κ2) is 35.1. The first-order valence-electron chi connectivity index (χ1n) is 29.8. The molecule has 0 saturated carbocycles. The van der Waals surface area contributed by atoms with Crippen LogP contribution in [0.4, 0.5) is 0 Å². The molecule has 7 rings (SSSR count). The number of nitrogens with two attached hydrogens (primary N) is 1. The summed E-state index contributed by atoms with van der Waals surface area (Å²) in [7, 11) is 3.39. The van der Waals surface area contributed by atoms with E-state index in [0.29, 0.717) is 45.3 Å². The predicted octanol–water partition coefficient (Wildman–Crippen LogP) is 0.186. The highest BCUT2D eigenvalue weighted by Gasteiger charge is 2.37. The van der Waals surface area contributed by atoms with Gasteiger partial charge in [0.2, 0.25) is 41.4 Å². The lowest BCUT2D eigenvalue weighted by atomic mass is 10.0. The zero-order valence-electron chi connectivity index (χ0n) is 51.1. The number of aromatic amines is 1. The molecule has 0 spiro atoms. The molecule has 6 aromatic rings. The van der Waals surface area contributed by atoms with E-state index in [-0.39, 0.29) is 50.1 Å². The number of fused-ring (bicyclic) bond motifs is 1. The number of nitrogens with one attached hydrogen (secondary N) is 9. The van der Waals surface area contributed by atoms with Crippen molar-refractivity contribution in [1.82, 2.24) is 62.5 Å². The van der Waals surface area contributed by atoms with Crippen molar-refractivity contribution in [1.29, 1.82) is 0 Å². The van der Waals surface area contributed by atoms with E-state index >= 15 is 9.59 Å². The van der Waals surface area contributed by atoms with Crippen molar-refractivity contribution in [2.75, 3.05) is 24.7 Å². The van der Waals surface area contributed by atoms with Gasteiger partial charge in [-0.15, -0.1) is 5.10 Å². The highest BCUT2D eigenvalue weighted by atomic mass is 33.1. The molecule has 3 heterocycles. The normalized spacial score (nSPS) is 19.6. The van der Waals surface area contributed by atoms with Crippen LogP contribution >= 0.6 is 21.6 Å². The zero-order chi connectivity index (χ0) is 67.8. The van der Waals surface area contributed by atoms with Crippen molar-refractivity contribution in [3.63, 3.8) is 0 Å². The first-order valence-corrected chi connectivity index (χ1v) is 32.2. The highest BCUT2D eigenvalue weighted by Crippen LogP contribution is 2.25. The van der Waals surface area contributed by atoms with Crippen molar-refractivity contribution in [3.8, 4) is 22.8 Å². The number of phenols is 2. The van der Waals surface area contributed by atoms with Crippen LogP contribution < -0.4 is 48.3 Å². The lowest BCUT2D eigenvalue weighted by molar-refractivity contribution is -0.142. The number of aliphatic carboxylic acids is 2. The van der Waals surface area contributed by atoms with Crippen LogP contribution in [0.5, 0.6) is 11.5 Å². The SMILES string of the molecule is C[C@@H](O)[C@@H]1NC(=O)[C@H](CCCCN)NC(=O)C(Cc2c[nH]c3ccccc23)NC(=O)[C@H](Cc2ccc(O)cc2)NC(=O)C(NC(=O)[C@@H](Cc2ccc(O)cc2)NC(=O)[C@@H](CCC(=O)O)NC(=O)CO/N=C/c2ccc(-c3cn([11CH3])nn3)cc2)CSSCC(C(=O)O)NC1=O. The molecule has 0 bridgehead atoms. The van der Waals surface area contributed by atoms with E-state index in [0.717, 1.165) is 27.2 Å². The van der Waals surface area contributed by atoms with E-state index in [4.69, 9.17) is 10.6 Å². The summed E-state index contributed by atoms with van der Waals surface area (Å²) < 4.78 is 1.55. The van der Waals surface area contributed by atoms with Crippen LogP contribution in [0.1, 0.15) is 61.3 Å². The number of carboxylic acid groups (broad SMARTS) is 2. The van der Waals surface area contributed by atoms with Crippen LogP contribution in [0.15, 0.2) is 115 Å². The third kappa shape index (κ3) is 21.8. The van der Waals surface area contributed by atoms with E-state index in [9.17, 15) is 63.9 Å². The molecule has 16 N–H and O–H groups in total. The fraction of sp³-hybridized carbons (Fsp3) is 0.371. The van der Waals surface area contributed by atoms with Gasteiger partial charge in [0.1, 0.15) is 65.5 Å². The molecule has 8 amide bonds. The molecule has 32 heteroatoms. The van der Waals surface area contributed by atoms with Crippen LogP contribution in [0.2, 0.25) is 0 Å². The summed E-state index contributed by atoms with van der Waals surface area (Å²) in [6.07, 6.45) is 1.71. The number of para-hydroxylation sites is 1. The Morgan fingerprint density at radius 2 is 1.38 bits per heavy atom. The number of aliphatic hydroxyl groups is 1. The molecular weight excluding hydrogens is 1260 g/mol. The maximum Gasteiger partial charge on any atom is 0.327 e. The minimum Gasteiger partial charge on any atom is -0.508 e. The van der Waals surface area contributed by atoms with Crippen LogP contribution in [-0.2, 0) is 79.1 Å². The molecule has 2 aromatic heterocycles. The molecule has 1 saturated heterocycles. The van der Waals surface area contributed by atoms with E-state index in [2.05, 4.69) is 63.0 Å². The summed E-state index contributed by atoms with van der Waals surface area (Å²) in [5.74, 6) is -11.9. The molecule has 94 heavy (non-hydrogen) atoms. The Balaban J connectivity index is 1.20. The molecule has 0 aliphatic carbocycles. The molecular formula is C62H74N14O16S2. The fourth-order valence-electron chi connectivity index (χ4n) is 9.70. The number of aryl methyl sites for hydroxylation is 1. The number of hydrogen-bond donors (Lipinski definition) is 15. The third-order valence-corrected chi connectivity index (χ3v) is 17.2. The van der Waals surface area contributed by atoms with E-state index in [1.807, 2.05) is 0 Å². The maximum absolute atomic E-state index is 15.0. The second-order valence-corrected chi connectivity index (χ2v) is 24.6. The molecule has 1 aliphatic heterocycles. The number of nitrogens with zero attached hydrogens (tertiary/aromatic N) is 4. The summed E-state index contributed by atoms with van der Waals surface area (Å²) in [5.41, 5.74) is 9.75. The number of H-pyrrole nitrogens is 1. The minimum absolute atomic E-state index is 0.0490. The van der Waals surface area contributed by atoms with Gasteiger partial charge < -0.3 is 83.6 Å². The summed E-state index contributed by atoms with van der Waals surface area (Å²) in [6.45, 7) is 0.651. The number of carboxylic acids is 2. The molecule has 9 atom stereocenters. The number of rotatable bonds is 25. The number of carbonyl (C=O) groups is 10. The van der Waals surface area contributed by atoms with E-state index in [1.165, 1.54) is 61.7 Å². The number of aliphatic hydroxyl groups excluding tert-OH is 1. The van der Waals surface area contributed by atoms with Gasteiger partial charge in [-0.3, -0.25) is 47.8 Å². The van der Waals surface area contributed by atoms with Crippen molar-refractivity contribution >= 4 is 97.9 Å². The van der Waals surface area contributed by atoms with Crippen molar-refractivity contribution in [3.05, 3.63) is 132 Å². The van der Waals surface area contributed by atoms with Crippen molar-refractivity contribution in [2.45, 2.75) is 113 Å². The number of amides is 8. The standard InChI is InChI=1S/C62H74N14O16S2/c1-34(77)54-61(89)72-51(62(90)91)33-94-93-32-50(60(88)69-46(25-35-12-18-40(78)19-13-35)57(85)70-48(27-39-29-64-43-8-4-3-7-42(39)43)59(87)67-44(56(84)73-54)9-5-6-24-63)71-58(86)47(26-36-14-20-41(79)21-15-36)68-55(83)45(22-23-53(81)82)66-52(80)31-92-65-28-37-10-16-38(17-11-37)49-30-76(2)75-74-49/h3-4,7-8,10-21,28-30,34,44-48,50-51,54,64,77-79H,5-6,9,22-27,31-33,63H2,1-2H3,(H,66,80)(H,67,87)(H,68,83)(H,69,88)(H,70,85)(H,71,86)(H,72,89)(H,73,84)(H,81,82)(H,90,91)/b65-28+/t34-,44+,45-,46+,47-,48?,50?,51?,54+/m1/s1/i2-1. The van der Waals surface area contributed by atoms with Crippen LogP contribution in [0, 0.1) is 0 Å². The molecule has 0 radical (unpaired) electrons. The minimum atomic E-state index is -1.76. The second-order valence-electron chi connectivity index (χ2n) is 22.1. The molecule has 30 nitrogen and oxygen atoms in total. The predicted molar refractivity (Wildman–Crippen MR) is 345 cm³/mol. The first kappa shape index (κ1) is 71.4. The average molecular weight is 1330 g/mol. The highest BCUT2D eigenvalue weighted by molar-refractivity contribution is 8.76. The quantitative estimate of drug-likeness (QED) is 0.0157. The topological polar surface area (TPSA) is 462 Å². The Kier molecular flexibility index (Phi) is 26.7. The van der Waals surface area contributed by atoms with Gasteiger partial charge in [-0.1, -0.05) is 98.7 Å². The maximum atomic E-state index is 15.0. The number of unbranched alkanes of at least 4 members (excludes halogenated alkanes) is 1. The van der Waals surface area contributed by atoms with Crippen LogP contribution in [-0.4, -0.2) is 190 Å². The lowest BCUT2D eigenvalue weighted by Crippen LogP contribution is -2.62. The number of benzene rings is 4. The van der Waals surface area contributed by atoms with E-state index in [1.54, 1.807) is 72.7 Å². The Labute approximate surface area is 546 Å². The Morgan fingerprint density at radius 1 is 0.745 bits per heavy atom. The first-order chi connectivity index (χ1) is 45.0. The number of phenolic OH excluding ortho intramolecular Hbond substituents is 2. The van der Waals surface area contributed by atoms with Gasteiger partial charge in [-0.2, -0.15) is 0 Å². The molecule has 500 valence electrons. The van der Waals surface area contributed by atoms with Crippen LogP contribution in [0.3, 0.4) is 0 Å². The van der Waals surface area contributed by atoms with Gasteiger partial charge in [-0.25, -0.2) is 4.79 Å². The number of hydrogen-bond acceptors (Lipinski definition) is 20. The van der Waals surface area contributed by atoms with Crippen LogP contribution in [0.25, 0.3) is 22.2 Å². The average Bonchev–Trinajstić information content (AvgIpc) is 1.66. The monoisotopic (exact) mass is 1330 g/mol. The zero-order valence-corrected chi connectivity index (χ0v) is 52.7. The van der Waals surface area contributed by atoms with Gasteiger partial charge in [0.25, 0.3) is 5.91 Å². The van der Waals surface area contributed by atoms with Gasteiger partial charge in [0.05, 0.1) is 18.5 Å². The molecule has 3 unspecified atom stereocenters. The largest absolute Gasteiger partial charge is 0.508 e. The Hall–Kier alpha value is -10.1. The van der Waals surface area contributed by atoms with Gasteiger partial charge in [-0.05, 0) is 91.7 Å². The van der Waals surface area contributed by atoms with Crippen molar-refractivity contribution in [2.24, 2.45) is 17.9 Å². The molecule has 1 aliphatic rings. The third-order valence-electron chi connectivity index (χ3n) is 14.8. The van der Waals surface area contributed by atoms with Gasteiger partial charge in [0.15, 0.2) is 6.61 Å². The number of carbonyl (C=O) groups excluding carboxylic acids is 8. The van der Waals surface area contributed by atoms with Crippen molar-refractivity contribution < 1.29 is 78.3 Å². The summed E-state index contributed by atoms with van der Waals surface area (Å²) >= 11 is 0. The summed E-state index contributed by atoms with van der Waals surface area (Å²) in [6, 6.07) is 12.2. The molecule has 4 aromatic carbocycles. The summed E-state index contributed by atoms with van der Waals surface area (Å²) in [4.78, 5) is 148.